The fourth-order valence-corrected chi connectivity index (χ4v) is 2.17. The van der Waals surface area contributed by atoms with E-state index in [1.165, 1.54) is 0 Å². The van der Waals surface area contributed by atoms with Crippen LogP contribution in [0.5, 0.6) is 0 Å². The van der Waals surface area contributed by atoms with Crippen molar-refractivity contribution in [2.45, 2.75) is 13.0 Å². The maximum Gasteiger partial charge on any atom is 0.228 e. The van der Waals surface area contributed by atoms with E-state index in [2.05, 4.69) is 10.3 Å². The Balaban J connectivity index is 1.92. The molecule has 1 amide bonds. The number of carbonyl (C=O) groups is 1. The molecule has 3 rings (SSSR count). The minimum absolute atomic E-state index is 0.0517. The summed E-state index contributed by atoms with van der Waals surface area (Å²) < 4.78 is 1.96. The number of rotatable bonds is 3. The Morgan fingerprint density at radius 3 is 3.17 bits per heavy atom. The van der Waals surface area contributed by atoms with Gasteiger partial charge in [0.2, 0.25) is 5.91 Å². The molecule has 1 aliphatic rings. The molecule has 0 saturated carbocycles. The van der Waals surface area contributed by atoms with Gasteiger partial charge in [-0.15, -0.1) is 0 Å². The lowest BCUT2D eigenvalue weighted by atomic mass is 10.1. The molecule has 1 aliphatic heterocycles. The second-order valence-corrected chi connectivity index (χ2v) is 4.38. The first-order chi connectivity index (χ1) is 8.76. The number of hydrogen-bond acceptors (Lipinski definition) is 3. The van der Waals surface area contributed by atoms with Gasteiger partial charge in [-0.05, 0) is 17.7 Å². The summed E-state index contributed by atoms with van der Waals surface area (Å²) >= 11 is 0. The van der Waals surface area contributed by atoms with Gasteiger partial charge in [0.05, 0.1) is 18.4 Å². The van der Waals surface area contributed by atoms with Crippen LogP contribution in [-0.4, -0.2) is 22.0 Å². The molecule has 0 atom stereocenters. The molecule has 2 heterocycles. The van der Waals surface area contributed by atoms with Gasteiger partial charge in [0.25, 0.3) is 0 Å². The molecule has 0 spiro atoms. The van der Waals surface area contributed by atoms with Crippen LogP contribution in [0.1, 0.15) is 5.56 Å². The van der Waals surface area contributed by atoms with E-state index in [-0.39, 0.29) is 5.91 Å². The summed E-state index contributed by atoms with van der Waals surface area (Å²) in [7, 11) is 0. The summed E-state index contributed by atoms with van der Waals surface area (Å²) in [5.41, 5.74) is 9.38. The summed E-state index contributed by atoms with van der Waals surface area (Å²) in [6.07, 6.45) is 4.20. The van der Waals surface area contributed by atoms with Gasteiger partial charge in [-0.2, -0.15) is 0 Å². The van der Waals surface area contributed by atoms with Crippen molar-refractivity contribution in [3.63, 3.8) is 0 Å². The number of nitrogens with two attached hydrogens (primary N) is 1. The first-order valence-corrected chi connectivity index (χ1v) is 5.91. The zero-order valence-corrected chi connectivity index (χ0v) is 9.89. The highest BCUT2D eigenvalue weighted by Gasteiger charge is 2.18. The van der Waals surface area contributed by atoms with E-state index in [9.17, 15) is 4.79 Å². The first-order valence-electron chi connectivity index (χ1n) is 5.91. The third-order valence-corrected chi connectivity index (χ3v) is 3.05. The summed E-state index contributed by atoms with van der Waals surface area (Å²) in [5.74, 6) is 0.0517. The lowest BCUT2D eigenvalue weighted by Crippen LogP contribution is -2.07. The van der Waals surface area contributed by atoms with Gasteiger partial charge < -0.3 is 15.6 Å². The standard InChI is InChI=1S/C13H14N4O/c14-3-4-17-7-12(15-8-17)9-1-2-11-10(5-9)6-13(18)16-11/h1-2,5,7-8H,3-4,6,14H2,(H,16,18). The van der Waals surface area contributed by atoms with E-state index in [1.54, 1.807) is 6.33 Å². The maximum absolute atomic E-state index is 11.3. The maximum atomic E-state index is 11.3. The van der Waals surface area contributed by atoms with E-state index < -0.39 is 0 Å². The molecule has 92 valence electrons. The smallest absolute Gasteiger partial charge is 0.228 e. The van der Waals surface area contributed by atoms with Gasteiger partial charge >= 0.3 is 0 Å². The number of carbonyl (C=O) groups excluding carboxylic acids is 1. The topological polar surface area (TPSA) is 72.9 Å². The molecule has 0 aliphatic carbocycles. The minimum atomic E-state index is 0.0517. The second-order valence-electron chi connectivity index (χ2n) is 4.38. The van der Waals surface area contributed by atoms with Gasteiger partial charge in [0.1, 0.15) is 0 Å². The molecule has 0 unspecified atom stereocenters. The summed E-state index contributed by atoms with van der Waals surface area (Å²) in [6.45, 7) is 1.36. The first kappa shape index (κ1) is 11.0. The highest BCUT2D eigenvalue weighted by atomic mass is 16.1. The van der Waals surface area contributed by atoms with Gasteiger partial charge in [-0.3, -0.25) is 4.79 Å². The highest BCUT2D eigenvalue weighted by molar-refractivity contribution is 5.99. The molecule has 1 aromatic heterocycles. The van der Waals surface area contributed by atoms with E-state index in [0.29, 0.717) is 13.0 Å². The number of benzene rings is 1. The summed E-state index contributed by atoms with van der Waals surface area (Å²) in [4.78, 5) is 15.6. The third kappa shape index (κ3) is 1.89. The molecule has 5 nitrogen and oxygen atoms in total. The summed E-state index contributed by atoms with van der Waals surface area (Å²) in [6, 6.07) is 5.92. The predicted molar refractivity (Wildman–Crippen MR) is 69.1 cm³/mol. The number of aromatic nitrogens is 2. The lowest BCUT2D eigenvalue weighted by Gasteiger charge is -2.01. The fraction of sp³-hybridized carbons (Fsp3) is 0.231. The van der Waals surface area contributed by atoms with Crippen LogP contribution >= 0.6 is 0 Å². The van der Waals surface area contributed by atoms with Crippen LogP contribution in [0.25, 0.3) is 11.3 Å². The second kappa shape index (κ2) is 4.27. The molecule has 0 bridgehead atoms. The third-order valence-electron chi connectivity index (χ3n) is 3.05. The van der Waals surface area contributed by atoms with Gasteiger partial charge in [0.15, 0.2) is 0 Å². The molecule has 0 radical (unpaired) electrons. The average molecular weight is 242 g/mol. The molecular weight excluding hydrogens is 228 g/mol. The van der Waals surface area contributed by atoms with Crippen LogP contribution in [0, 0.1) is 0 Å². The monoisotopic (exact) mass is 242 g/mol. The van der Waals surface area contributed by atoms with Crippen molar-refractivity contribution >= 4 is 11.6 Å². The Morgan fingerprint density at radius 1 is 1.44 bits per heavy atom. The van der Waals surface area contributed by atoms with Gasteiger partial charge in [-0.1, -0.05) is 6.07 Å². The lowest BCUT2D eigenvalue weighted by molar-refractivity contribution is -0.115. The predicted octanol–water partition coefficient (Wildman–Crippen LogP) is 1.00. The molecule has 5 heteroatoms. The molecule has 18 heavy (non-hydrogen) atoms. The average Bonchev–Trinajstić information content (AvgIpc) is 2.93. The van der Waals surface area contributed by atoms with Crippen molar-refractivity contribution in [3.05, 3.63) is 36.3 Å². The van der Waals surface area contributed by atoms with Crippen LogP contribution < -0.4 is 11.1 Å². The number of nitrogens with zero attached hydrogens (tertiary/aromatic N) is 2. The molecule has 3 N–H and O–H groups in total. The molecule has 1 aromatic carbocycles. The van der Waals surface area contributed by atoms with Crippen molar-refractivity contribution in [2.24, 2.45) is 5.73 Å². The largest absolute Gasteiger partial charge is 0.336 e. The Bertz CT molecular complexity index is 603. The zero-order chi connectivity index (χ0) is 12.5. The molecule has 0 saturated heterocycles. The number of nitrogens with one attached hydrogen (secondary N) is 1. The van der Waals surface area contributed by atoms with Crippen molar-refractivity contribution in [2.75, 3.05) is 11.9 Å². The number of hydrogen-bond donors (Lipinski definition) is 2. The zero-order valence-electron chi connectivity index (χ0n) is 9.89. The van der Waals surface area contributed by atoms with Crippen LogP contribution in [0.2, 0.25) is 0 Å². The Morgan fingerprint density at radius 2 is 2.33 bits per heavy atom. The van der Waals surface area contributed by atoms with Crippen LogP contribution in [0.4, 0.5) is 5.69 Å². The van der Waals surface area contributed by atoms with Gasteiger partial charge in [0, 0.05) is 30.5 Å². The van der Waals surface area contributed by atoms with E-state index in [1.807, 2.05) is 29.0 Å². The van der Waals surface area contributed by atoms with E-state index in [4.69, 9.17) is 5.73 Å². The molecular formula is C13H14N4O. The van der Waals surface area contributed by atoms with Crippen LogP contribution in [0.15, 0.2) is 30.7 Å². The Labute approximate surface area is 105 Å². The van der Waals surface area contributed by atoms with Gasteiger partial charge in [-0.25, -0.2) is 4.98 Å². The van der Waals surface area contributed by atoms with Crippen LogP contribution in [-0.2, 0) is 17.8 Å². The highest BCUT2D eigenvalue weighted by Crippen LogP contribution is 2.28. The van der Waals surface area contributed by atoms with E-state index >= 15 is 0 Å². The quantitative estimate of drug-likeness (QED) is 0.843. The number of anilines is 1. The number of amides is 1. The molecule has 0 fully saturated rings. The van der Waals surface area contributed by atoms with Crippen molar-refractivity contribution in [1.29, 1.82) is 0 Å². The number of imidazole rings is 1. The minimum Gasteiger partial charge on any atom is -0.336 e. The Hall–Kier alpha value is -2.14. The fourth-order valence-electron chi connectivity index (χ4n) is 2.17. The normalized spacial score (nSPS) is 13.5. The number of fused-ring (bicyclic) bond motifs is 1. The van der Waals surface area contributed by atoms with Crippen molar-refractivity contribution in [1.82, 2.24) is 9.55 Å². The SMILES string of the molecule is NCCn1cnc(-c2ccc3c(c2)CC(=O)N3)c1. The van der Waals surface area contributed by atoms with E-state index in [0.717, 1.165) is 29.1 Å². The van der Waals surface area contributed by atoms with Crippen LogP contribution in [0.3, 0.4) is 0 Å². The Kier molecular flexibility index (Phi) is 2.60. The molecule has 2 aromatic rings. The summed E-state index contributed by atoms with van der Waals surface area (Å²) in [5, 5.41) is 2.82. The van der Waals surface area contributed by atoms with Crippen molar-refractivity contribution in [3.8, 4) is 11.3 Å². The van der Waals surface area contributed by atoms with Crippen molar-refractivity contribution < 1.29 is 4.79 Å².